The van der Waals surface area contributed by atoms with Gasteiger partial charge in [0, 0.05) is 0 Å². The normalized spacial score (nSPS) is 14.8. The molecule has 0 unspecified atom stereocenters. The Labute approximate surface area is 54.9 Å². The number of nitrogens with two attached hydrogens (primary N) is 1. The zero-order valence-electron chi connectivity index (χ0n) is 5.47. The van der Waals surface area contributed by atoms with Crippen molar-refractivity contribution in [3.8, 4) is 0 Å². The highest BCUT2D eigenvalue weighted by Gasteiger charge is 1.95. The summed E-state index contributed by atoms with van der Waals surface area (Å²) in [7, 11) is 0. The van der Waals surface area contributed by atoms with Gasteiger partial charge in [-0.25, -0.2) is 0 Å². The Bertz CT molecular complexity index is 75.1. The molecule has 0 spiro atoms. The highest BCUT2D eigenvalue weighted by Crippen LogP contribution is 2.15. The van der Waals surface area contributed by atoms with E-state index in [4.69, 9.17) is 5.11 Å². The van der Waals surface area contributed by atoms with E-state index < -0.39 is 5.97 Å². The first kappa shape index (κ1) is 8.43. The van der Waals surface area contributed by atoms with E-state index in [0.717, 1.165) is 0 Å². The molecule has 3 heteroatoms. The Morgan fingerprint density at radius 2 is 1.56 bits per heavy atom. The predicted octanol–water partition coefficient (Wildman–Crippen LogP) is 0.590. The lowest BCUT2D eigenvalue weighted by molar-refractivity contribution is -0.135. The number of hydrogen-bond donors (Lipinski definition) is 2. The van der Waals surface area contributed by atoms with Crippen molar-refractivity contribution >= 4 is 5.97 Å². The molecule has 1 saturated carbocycles. The van der Waals surface area contributed by atoms with Crippen LogP contribution in [0.25, 0.3) is 0 Å². The molecule has 1 aliphatic rings. The van der Waals surface area contributed by atoms with Crippen molar-refractivity contribution in [2.75, 3.05) is 6.54 Å². The molecule has 0 radical (unpaired) electrons. The molecule has 0 saturated heterocycles. The number of aliphatic carboxylic acids is 1. The number of hydrogen-bond acceptors (Lipinski definition) is 2. The van der Waals surface area contributed by atoms with Gasteiger partial charge in [-0.2, -0.15) is 0 Å². The zero-order chi connectivity index (χ0) is 7.11. The topological polar surface area (TPSA) is 63.3 Å². The number of rotatable bonds is 1. The third kappa shape index (κ3) is 7.43. The van der Waals surface area contributed by atoms with E-state index in [-0.39, 0.29) is 6.54 Å². The summed E-state index contributed by atoms with van der Waals surface area (Å²) < 4.78 is 0. The van der Waals surface area contributed by atoms with Crippen LogP contribution in [0.5, 0.6) is 0 Å². The summed E-state index contributed by atoms with van der Waals surface area (Å²) in [6, 6.07) is 0. The van der Waals surface area contributed by atoms with E-state index in [0.29, 0.717) is 0 Å². The summed E-state index contributed by atoms with van der Waals surface area (Å²) in [6.07, 6.45) is 6.00. The maximum absolute atomic E-state index is 9.24. The third-order valence-electron chi connectivity index (χ3n) is 1.17. The van der Waals surface area contributed by atoms with Crippen LogP contribution in [0.1, 0.15) is 25.7 Å². The first-order chi connectivity index (χ1) is 4.27. The molecule has 1 fully saturated rings. The highest BCUT2D eigenvalue weighted by molar-refractivity contribution is 5.68. The Kier molecular flexibility index (Phi) is 5.21. The summed E-state index contributed by atoms with van der Waals surface area (Å²) in [5, 5.41) is 7.60. The Morgan fingerprint density at radius 1 is 1.33 bits per heavy atom. The van der Waals surface area contributed by atoms with Gasteiger partial charge in [0.2, 0.25) is 0 Å². The van der Waals surface area contributed by atoms with Gasteiger partial charge in [-0.1, -0.05) is 25.7 Å². The molecule has 0 atom stereocenters. The fourth-order valence-electron chi connectivity index (χ4n) is 0.250. The summed E-state index contributed by atoms with van der Waals surface area (Å²) in [6.45, 7) is -0.278. The number of carboxylic acid groups (broad SMARTS) is 1. The molecule has 0 aliphatic heterocycles. The van der Waals surface area contributed by atoms with Crippen LogP contribution in [0, 0.1) is 0 Å². The smallest absolute Gasteiger partial charge is 0.317 e. The lowest BCUT2D eigenvalue weighted by Gasteiger charge is -2.05. The molecule has 0 bridgehead atoms. The molecule has 3 nitrogen and oxygen atoms in total. The molecular formula is C6H13NO2. The minimum Gasteiger partial charge on any atom is -0.480 e. The summed E-state index contributed by atoms with van der Waals surface area (Å²) in [5.74, 6) is -0.968. The lowest BCUT2D eigenvalue weighted by atomic mass is 10.0. The van der Waals surface area contributed by atoms with Gasteiger partial charge in [-0.05, 0) is 0 Å². The van der Waals surface area contributed by atoms with Crippen LogP contribution in [-0.2, 0) is 4.79 Å². The first-order valence-electron chi connectivity index (χ1n) is 3.19. The van der Waals surface area contributed by atoms with Crippen LogP contribution in [0.15, 0.2) is 0 Å². The summed E-state index contributed by atoms with van der Waals surface area (Å²) in [4.78, 5) is 9.24. The number of carboxylic acids is 1. The molecule has 0 aromatic carbocycles. The fourth-order valence-corrected chi connectivity index (χ4v) is 0.250. The maximum Gasteiger partial charge on any atom is 0.317 e. The van der Waals surface area contributed by atoms with E-state index >= 15 is 0 Å². The van der Waals surface area contributed by atoms with Gasteiger partial charge in [0.15, 0.2) is 0 Å². The average Bonchev–Trinajstić information content (AvgIpc) is 1.61. The SMILES string of the molecule is C1CCC1.NCC(=O)O. The zero-order valence-corrected chi connectivity index (χ0v) is 5.47. The molecule has 0 heterocycles. The average molecular weight is 131 g/mol. The molecular weight excluding hydrogens is 118 g/mol. The van der Waals surface area contributed by atoms with Gasteiger partial charge in [0.25, 0.3) is 0 Å². The van der Waals surface area contributed by atoms with Crippen molar-refractivity contribution in [3.63, 3.8) is 0 Å². The van der Waals surface area contributed by atoms with Gasteiger partial charge in [-0.15, -0.1) is 0 Å². The largest absolute Gasteiger partial charge is 0.480 e. The Morgan fingerprint density at radius 3 is 1.56 bits per heavy atom. The van der Waals surface area contributed by atoms with Crippen molar-refractivity contribution < 1.29 is 9.90 Å². The van der Waals surface area contributed by atoms with Crippen molar-refractivity contribution in [2.24, 2.45) is 5.73 Å². The second kappa shape index (κ2) is 5.56. The van der Waals surface area contributed by atoms with E-state index in [9.17, 15) is 4.79 Å². The fraction of sp³-hybridized carbons (Fsp3) is 0.833. The molecule has 9 heavy (non-hydrogen) atoms. The van der Waals surface area contributed by atoms with Crippen LogP contribution < -0.4 is 5.73 Å². The second-order valence-corrected chi connectivity index (χ2v) is 2.01. The van der Waals surface area contributed by atoms with Crippen molar-refractivity contribution in [1.82, 2.24) is 0 Å². The van der Waals surface area contributed by atoms with Crippen LogP contribution in [-0.4, -0.2) is 17.6 Å². The van der Waals surface area contributed by atoms with Gasteiger partial charge in [0.1, 0.15) is 0 Å². The van der Waals surface area contributed by atoms with Gasteiger partial charge < -0.3 is 10.8 Å². The monoisotopic (exact) mass is 131 g/mol. The molecule has 54 valence electrons. The van der Waals surface area contributed by atoms with Gasteiger partial charge in [0.05, 0.1) is 6.54 Å². The standard InChI is InChI=1S/C4H8.C2H5NO2/c1-2-4-3-1;3-1-2(4)5/h1-4H2;1,3H2,(H,4,5). The highest BCUT2D eigenvalue weighted by atomic mass is 16.4. The van der Waals surface area contributed by atoms with Crippen LogP contribution >= 0.6 is 0 Å². The van der Waals surface area contributed by atoms with Crippen molar-refractivity contribution in [3.05, 3.63) is 0 Å². The van der Waals surface area contributed by atoms with E-state index in [2.05, 4.69) is 5.73 Å². The summed E-state index contributed by atoms with van der Waals surface area (Å²) in [5.41, 5.74) is 4.57. The van der Waals surface area contributed by atoms with E-state index in [1.54, 1.807) is 0 Å². The molecule has 1 aliphatic carbocycles. The van der Waals surface area contributed by atoms with Crippen LogP contribution in [0.2, 0.25) is 0 Å². The van der Waals surface area contributed by atoms with Crippen LogP contribution in [0.3, 0.4) is 0 Å². The minimum absolute atomic E-state index is 0.278. The molecule has 1 rings (SSSR count). The molecule has 0 amide bonds. The molecule has 3 N–H and O–H groups in total. The van der Waals surface area contributed by atoms with Gasteiger partial charge in [-0.3, -0.25) is 4.79 Å². The van der Waals surface area contributed by atoms with Crippen LogP contribution in [0.4, 0.5) is 0 Å². The molecule has 0 aromatic rings. The molecule has 0 aromatic heterocycles. The Hall–Kier alpha value is -0.570. The number of carbonyl (C=O) groups is 1. The van der Waals surface area contributed by atoms with Gasteiger partial charge >= 0.3 is 5.97 Å². The predicted molar refractivity (Wildman–Crippen MR) is 35.2 cm³/mol. The second-order valence-electron chi connectivity index (χ2n) is 2.01. The quantitative estimate of drug-likeness (QED) is 0.547. The Balaban J connectivity index is 0.000000144. The van der Waals surface area contributed by atoms with E-state index in [1.807, 2.05) is 0 Å². The van der Waals surface area contributed by atoms with Crippen molar-refractivity contribution in [2.45, 2.75) is 25.7 Å². The van der Waals surface area contributed by atoms with Crippen molar-refractivity contribution in [1.29, 1.82) is 0 Å². The third-order valence-corrected chi connectivity index (χ3v) is 1.17. The summed E-state index contributed by atoms with van der Waals surface area (Å²) >= 11 is 0. The minimum atomic E-state index is -0.968. The first-order valence-corrected chi connectivity index (χ1v) is 3.19. The lowest BCUT2D eigenvalue weighted by Crippen LogP contribution is -2.10. The van der Waals surface area contributed by atoms with E-state index in [1.165, 1.54) is 25.7 Å². The maximum atomic E-state index is 9.24.